The quantitative estimate of drug-likeness (QED) is 0.306. The lowest BCUT2D eigenvalue weighted by molar-refractivity contribution is -0.145. The van der Waals surface area contributed by atoms with Crippen molar-refractivity contribution in [3.63, 3.8) is 0 Å². The van der Waals surface area contributed by atoms with Crippen LogP contribution in [0.3, 0.4) is 0 Å². The Bertz CT molecular complexity index is 1210. The fraction of sp³-hybridized carbons (Fsp3) is 0.441. The van der Waals surface area contributed by atoms with Crippen LogP contribution in [0, 0.1) is 0 Å². The van der Waals surface area contributed by atoms with Gasteiger partial charge in [-0.25, -0.2) is 0 Å². The molecule has 3 aromatic rings. The number of rotatable bonds is 11. The van der Waals surface area contributed by atoms with Gasteiger partial charge in [0.25, 0.3) is 5.91 Å². The van der Waals surface area contributed by atoms with Gasteiger partial charge in [-0.1, -0.05) is 54.6 Å². The Kier molecular flexibility index (Phi) is 9.74. The van der Waals surface area contributed by atoms with Crippen molar-refractivity contribution in [2.45, 2.75) is 44.2 Å². The van der Waals surface area contributed by atoms with Crippen molar-refractivity contribution in [1.29, 1.82) is 0 Å². The molecule has 0 aromatic heterocycles. The molecule has 0 N–H and O–H groups in total. The number of piperazine rings is 1. The zero-order valence-electron chi connectivity index (χ0n) is 24.0. The van der Waals surface area contributed by atoms with Crippen molar-refractivity contribution in [3.8, 4) is 5.75 Å². The third-order valence-corrected chi connectivity index (χ3v) is 8.52. The molecular weight excluding hydrogens is 498 g/mol. The van der Waals surface area contributed by atoms with Crippen molar-refractivity contribution in [2.24, 2.45) is 0 Å². The minimum atomic E-state index is -0.584. The largest absolute Gasteiger partial charge is 0.497 e. The van der Waals surface area contributed by atoms with Crippen LogP contribution in [0.25, 0.3) is 0 Å². The molecule has 0 saturated carbocycles. The highest BCUT2D eigenvalue weighted by Gasteiger charge is 2.33. The van der Waals surface area contributed by atoms with E-state index in [1.54, 1.807) is 14.2 Å². The first-order valence-electron chi connectivity index (χ1n) is 14.7. The predicted octanol–water partition coefficient (Wildman–Crippen LogP) is 5.37. The number of nitrogens with zero attached hydrogens (tertiary/aromatic N) is 3. The number of para-hydroxylation sites is 1. The van der Waals surface area contributed by atoms with Crippen LogP contribution < -0.4 is 9.64 Å². The lowest BCUT2D eigenvalue weighted by Gasteiger charge is -2.38. The summed E-state index contributed by atoms with van der Waals surface area (Å²) in [5.41, 5.74) is 4.88. The van der Waals surface area contributed by atoms with E-state index in [9.17, 15) is 4.79 Å². The first kappa shape index (κ1) is 28.2. The molecule has 1 saturated heterocycles. The summed E-state index contributed by atoms with van der Waals surface area (Å²) in [7, 11) is 3.35. The van der Waals surface area contributed by atoms with Crippen LogP contribution in [0.5, 0.6) is 5.75 Å². The highest BCUT2D eigenvalue weighted by molar-refractivity contribution is 5.82. The Morgan fingerprint density at radius 3 is 2.33 bits per heavy atom. The van der Waals surface area contributed by atoms with Gasteiger partial charge >= 0.3 is 0 Å². The van der Waals surface area contributed by atoms with E-state index in [4.69, 9.17) is 9.47 Å². The molecule has 1 aliphatic heterocycles. The number of unbranched alkanes of at least 4 members (excludes halogenated alkanes) is 1. The van der Waals surface area contributed by atoms with Crippen molar-refractivity contribution >= 4 is 11.6 Å². The number of hydrogen-bond donors (Lipinski definition) is 0. The van der Waals surface area contributed by atoms with Gasteiger partial charge in [0.05, 0.1) is 7.11 Å². The second kappa shape index (κ2) is 13.8. The molecule has 1 aliphatic carbocycles. The van der Waals surface area contributed by atoms with Gasteiger partial charge in [-0.15, -0.1) is 0 Å². The van der Waals surface area contributed by atoms with Crippen molar-refractivity contribution in [3.05, 3.63) is 95.6 Å². The van der Waals surface area contributed by atoms with Crippen LogP contribution >= 0.6 is 0 Å². The van der Waals surface area contributed by atoms with Gasteiger partial charge in [-0.05, 0) is 79.6 Å². The maximum atomic E-state index is 14.0. The number of benzene rings is 3. The molecule has 1 fully saturated rings. The molecule has 3 aromatic carbocycles. The SMILES string of the molecule is COc1ccc2c(c1)C[C@H](N(CCCCN1CCN(c3ccccc3)CC1)C(=O)[C@@H](OC)c1ccccc1)CC2. The molecule has 0 radical (unpaired) electrons. The maximum Gasteiger partial charge on any atom is 0.256 e. The van der Waals surface area contributed by atoms with E-state index in [1.807, 2.05) is 36.4 Å². The van der Waals surface area contributed by atoms with E-state index in [0.717, 1.165) is 82.7 Å². The van der Waals surface area contributed by atoms with Gasteiger partial charge in [0.15, 0.2) is 6.10 Å². The van der Waals surface area contributed by atoms with Crippen molar-refractivity contribution in [2.75, 3.05) is 58.4 Å². The third kappa shape index (κ3) is 6.86. The van der Waals surface area contributed by atoms with Gasteiger partial charge in [-0.2, -0.15) is 0 Å². The van der Waals surface area contributed by atoms with Crippen LogP contribution in [0.1, 0.15) is 42.1 Å². The Morgan fingerprint density at radius 2 is 1.62 bits per heavy atom. The smallest absolute Gasteiger partial charge is 0.256 e. The Balaban J connectivity index is 1.21. The zero-order chi connectivity index (χ0) is 27.7. The average Bonchev–Trinajstić information content (AvgIpc) is 3.02. The molecule has 0 bridgehead atoms. The molecule has 1 heterocycles. The van der Waals surface area contributed by atoms with E-state index in [2.05, 4.69) is 57.2 Å². The summed E-state index contributed by atoms with van der Waals surface area (Å²) in [5, 5.41) is 0. The fourth-order valence-corrected chi connectivity index (χ4v) is 6.22. The number of methoxy groups -OCH3 is 2. The molecule has 5 rings (SSSR count). The van der Waals surface area contributed by atoms with Gasteiger partial charge < -0.3 is 19.3 Å². The first-order chi connectivity index (χ1) is 19.7. The fourth-order valence-electron chi connectivity index (χ4n) is 6.22. The molecule has 1 amide bonds. The second-order valence-corrected chi connectivity index (χ2v) is 11.0. The summed E-state index contributed by atoms with van der Waals surface area (Å²) in [4.78, 5) is 21.2. The Labute approximate surface area is 239 Å². The number of ether oxygens (including phenoxy) is 2. The lowest BCUT2D eigenvalue weighted by Crippen LogP contribution is -2.47. The van der Waals surface area contributed by atoms with Crippen molar-refractivity contribution < 1.29 is 14.3 Å². The second-order valence-electron chi connectivity index (χ2n) is 11.0. The first-order valence-corrected chi connectivity index (χ1v) is 14.7. The molecule has 2 atom stereocenters. The molecule has 2 aliphatic rings. The van der Waals surface area contributed by atoms with E-state index in [0.29, 0.717) is 0 Å². The third-order valence-electron chi connectivity index (χ3n) is 8.52. The minimum absolute atomic E-state index is 0.0709. The molecular formula is C34H43N3O3. The maximum absolute atomic E-state index is 14.0. The van der Waals surface area contributed by atoms with E-state index in [-0.39, 0.29) is 11.9 Å². The summed E-state index contributed by atoms with van der Waals surface area (Å²) in [6.07, 6.45) is 4.27. The Morgan fingerprint density at radius 1 is 0.900 bits per heavy atom. The van der Waals surface area contributed by atoms with E-state index < -0.39 is 6.10 Å². The summed E-state index contributed by atoms with van der Waals surface area (Å²) in [6.45, 7) is 6.11. The highest BCUT2D eigenvalue weighted by Crippen LogP contribution is 2.30. The van der Waals surface area contributed by atoms with Crippen LogP contribution in [0.15, 0.2) is 78.9 Å². The normalized spacial score (nSPS) is 18.1. The molecule has 40 heavy (non-hydrogen) atoms. The summed E-state index contributed by atoms with van der Waals surface area (Å²) >= 11 is 0. The molecule has 0 unspecified atom stereocenters. The number of carbonyl (C=O) groups excluding carboxylic acids is 1. The van der Waals surface area contributed by atoms with Gasteiger partial charge in [0, 0.05) is 51.6 Å². The van der Waals surface area contributed by atoms with Crippen LogP contribution in [-0.4, -0.2) is 75.2 Å². The highest BCUT2D eigenvalue weighted by atomic mass is 16.5. The summed E-state index contributed by atoms with van der Waals surface area (Å²) < 4.78 is 11.3. The zero-order valence-corrected chi connectivity index (χ0v) is 24.0. The topological polar surface area (TPSA) is 45.2 Å². The van der Waals surface area contributed by atoms with Crippen LogP contribution in [0.2, 0.25) is 0 Å². The molecule has 212 valence electrons. The predicted molar refractivity (Wildman–Crippen MR) is 161 cm³/mol. The van der Waals surface area contributed by atoms with E-state index in [1.165, 1.54) is 16.8 Å². The van der Waals surface area contributed by atoms with Crippen LogP contribution in [-0.2, 0) is 22.4 Å². The summed E-state index contributed by atoms with van der Waals surface area (Å²) in [6, 6.07) is 27.1. The standard InChI is InChI=1S/C34H43N3O3/c1-39-32-18-16-27-15-17-31(25-29(27)26-32)37(34(38)33(40-2)28-11-5-3-6-12-28)20-10-9-19-35-21-23-36(24-22-35)30-13-7-4-8-14-30/h3-8,11-14,16,18,26,31,33H,9-10,15,17,19-25H2,1-2H3/t31-,33+/m1/s1. The van der Waals surface area contributed by atoms with Gasteiger partial charge in [-0.3, -0.25) is 9.69 Å². The lowest BCUT2D eigenvalue weighted by atomic mass is 9.86. The van der Waals surface area contributed by atoms with Crippen molar-refractivity contribution in [1.82, 2.24) is 9.80 Å². The summed E-state index contributed by atoms with van der Waals surface area (Å²) in [5.74, 6) is 0.949. The molecule has 6 heteroatoms. The number of aryl methyl sites for hydroxylation is 1. The number of fused-ring (bicyclic) bond motifs is 1. The number of amides is 1. The molecule has 6 nitrogen and oxygen atoms in total. The monoisotopic (exact) mass is 541 g/mol. The number of carbonyl (C=O) groups is 1. The number of anilines is 1. The van der Waals surface area contributed by atoms with Gasteiger partial charge in [0.1, 0.15) is 5.75 Å². The van der Waals surface area contributed by atoms with Gasteiger partial charge in [0.2, 0.25) is 0 Å². The Hall–Kier alpha value is -3.35. The number of hydrogen-bond acceptors (Lipinski definition) is 5. The van der Waals surface area contributed by atoms with Crippen LogP contribution in [0.4, 0.5) is 5.69 Å². The average molecular weight is 542 g/mol. The molecule has 0 spiro atoms. The minimum Gasteiger partial charge on any atom is -0.497 e. The van der Waals surface area contributed by atoms with E-state index >= 15 is 0 Å².